The first kappa shape index (κ1) is 16.8. The van der Waals surface area contributed by atoms with E-state index in [4.69, 9.17) is 4.42 Å². The summed E-state index contributed by atoms with van der Waals surface area (Å²) in [6.45, 7) is 0.429. The van der Waals surface area contributed by atoms with E-state index in [1.165, 1.54) is 4.57 Å². The predicted molar refractivity (Wildman–Crippen MR) is 101 cm³/mol. The molecule has 0 bridgehead atoms. The van der Waals surface area contributed by atoms with Crippen LogP contribution in [0.2, 0.25) is 0 Å². The average Bonchev–Trinajstić information content (AvgIpc) is 2.99. The molecule has 6 nitrogen and oxygen atoms in total. The third kappa shape index (κ3) is 3.64. The van der Waals surface area contributed by atoms with Gasteiger partial charge in [0.05, 0.1) is 5.52 Å². The molecule has 0 aliphatic carbocycles. The zero-order chi connectivity index (χ0) is 18.6. The van der Waals surface area contributed by atoms with Gasteiger partial charge in [-0.25, -0.2) is 4.79 Å². The third-order valence-corrected chi connectivity index (χ3v) is 4.22. The summed E-state index contributed by atoms with van der Waals surface area (Å²) in [7, 11) is 0. The van der Waals surface area contributed by atoms with Crippen LogP contribution in [0.3, 0.4) is 0 Å². The minimum absolute atomic E-state index is 0.171. The maximum atomic E-state index is 12.5. The Hall–Kier alpha value is -3.67. The van der Waals surface area contributed by atoms with Gasteiger partial charge in [-0.05, 0) is 29.8 Å². The molecular weight excluding hydrogens is 342 g/mol. The third-order valence-electron chi connectivity index (χ3n) is 4.22. The van der Waals surface area contributed by atoms with Gasteiger partial charge in [-0.1, -0.05) is 48.5 Å². The Balaban J connectivity index is 1.65. The number of hydrogen-bond donors (Lipinski definition) is 0. The van der Waals surface area contributed by atoms with Crippen molar-refractivity contribution >= 4 is 17.0 Å². The Morgan fingerprint density at radius 1 is 0.926 bits per heavy atom. The predicted octanol–water partition coefficient (Wildman–Crippen LogP) is 2.57. The topological polar surface area (TPSA) is 69.5 Å². The van der Waals surface area contributed by atoms with Crippen molar-refractivity contribution in [2.45, 2.75) is 13.1 Å². The van der Waals surface area contributed by atoms with Gasteiger partial charge in [-0.2, -0.15) is 4.99 Å². The number of fused-ring (bicyclic) bond motifs is 1. The second-order valence-electron chi connectivity index (χ2n) is 6.10. The molecule has 0 saturated carbocycles. The number of aromatic nitrogens is 2. The first-order valence-corrected chi connectivity index (χ1v) is 8.56. The van der Waals surface area contributed by atoms with Gasteiger partial charge in [0, 0.05) is 12.7 Å². The highest BCUT2D eigenvalue weighted by Crippen LogP contribution is 2.11. The summed E-state index contributed by atoms with van der Waals surface area (Å²) in [6, 6.07) is 22.4. The number of pyridine rings is 1. The van der Waals surface area contributed by atoms with Crippen LogP contribution in [0, 0.1) is 0 Å². The average molecular weight is 359 g/mol. The molecule has 0 N–H and O–H groups in total. The first-order chi connectivity index (χ1) is 13.2. The molecular formula is C21H17N3O3. The van der Waals surface area contributed by atoms with Crippen LogP contribution < -0.4 is 11.2 Å². The first-order valence-electron chi connectivity index (χ1n) is 8.56. The van der Waals surface area contributed by atoms with Crippen LogP contribution in [0.4, 0.5) is 0 Å². The lowest BCUT2D eigenvalue weighted by Crippen LogP contribution is -2.25. The Kier molecular flexibility index (Phi) is 4.53. The maximum Gasteiger partial charge on any atom is 0.420 e. The number of benzene rings is 2. The van der Waals surface area contributed by atoms with Crippen molar-refractivity contribution in [3.8, 4) is 0 Å². The lowest BCUT2D eigenvalue weighted by Gasteiger charge is -2.07. The number of para-hydroxylation sites is 2. The second kappa shape index (κ2) is 7.29. The van der Waals surface area contributed by atoms with E-state index in [2.05, 4.69) is 4.99 Å². The Morgan fingerprint density at radius 2 is 1.67 bits per heavy atom. The van der Waals surface area contributed by atoms with Gasteiger partial charge < -0.3 is 8.98 Å². The minimum Gasteiger partial charge on any atom is -0.408 e. The normalized spacial score (nSPS) is 11.8. The lowest BCUT2D eigenvalue weighted by atomic mass is 10.2. The van der Waals surface area contributed by atoms with E-state index in [0.717, 1.165) is 5.56 Å². The van der Waals surface area contributed by atoms with E-state index in [1.807, 2.05) is 53.2 Å². The van der Waals surface area contributed by atoms with Crippen LogP contribution in [0.1, 0.15) is 5.56 Å². The Labute approximate surface area is 154 Å². The van der Waals surface area contributed by atoms with E-state index in [9.17, 15) is 9.59 Å². The standard InChI is InChI=1S/C21H17N3O3/c25-20(15-24-17-10-4-5-11-18(17)27-21(24)26)22-19-12-6-7-13-23(19)14-16-8-2-1-3-9-16/h1-13H,14-15H2. The number of carbonyl (C=O) groups is 1. The smallest absolute Gasteiger partial charge is 0.408 e. The Bertz CT molecular complexity index is 1220. The largest absolute Gasteiger partial charge is 0.420 e. The summed E-state index contributed by atoms with van der Waals surface area (Å²) in [5.74, 6) is -0.985. The second-order valence-corrected chi connectivity index (χ2v) is 6.10. The van der Waals surface area contributed by atoms with Crippen molar-refractivity contribution in [3.05, 3.63) is 101 Å². The van der Waals surface area contributed by atoms with Crippen molar-refractivity contribution in [3.63, 3.8) is 0 Å². The van der Waals surface area contributed by atoms with Gasteiger partial charge in [0.1, 0.15) is 12.0 Å². The van der Waals surface area contributed by atoms with Crippen molar-refractivity contribution in [1.29, 1.82) is 0 Å². The van der Waals surface area contributed by atoms with E-state index in [0.29, 0.717) is 23.1 Å². The summed E-state index contributed by atoms with van der Waals surface area (Å²) in [5, 5.41) is 0. The van der Waals surface area contributed by atoms with Gasteiger partial charge in [-0.3, -0.25) is 9.36 Å². The monoisotopic (exact) mass is 359 g/mol. The highest BCUT2D eigenvalue weighted by Gasteiger charge is 2.11. The summed E-state index contributed by atoms with van der Waals surface area (Å²) in [6.07, 6.45) is 1.87. The van der Waals surface area contributed by atoms with Crippen molar-refractivity contribution in [2.24, 2.45) is 4.99 Å². The van der Waals surface area contributed by atoms with Crippen LogP contribution in [0.25, 0.3) is 11.1 Å². The number of rotatable bonds is 4. The van der Waals surface area contributed by atoms with Crippen LogP contribution in [0.5, 0.6) is 0 Å². The molecule has 2 aromatic carbocycles. The Morgan fingerprint density at radius 3 is 2.52 bits per heavy atom. The minimum atomic E-state index is -0.565. The molecule has 4 aromatic rings. The molecule has 2 heterocycles. The molecule has 27 heavy (non-hydrogen) atoms. The molecule has 0 saturated heterocycles. The van der Waals surface area contributed by atoms with Gasteiger partial charge >= 0.3 is 5.76 Å². The summed E-state index contributed by atoms with van der Waals surface area (Å²) >= 11 is 0. The summed E-state index contributed by atoms with van der Waals surface area (Å²) in [5.41, 5.74) is 2.67. The molecule has 0 fully saturated rings. The van der Waals surface area contributed by atoms with Crippen LogP contribution in [-0.2, 0) is 17.9 Å². The van der Waals surface area contributed by atoms with Gasteiger partial charge in [-0.15, -0.1) is 0 Å². The number of carbonyl (C=O) groups excluding carboxylic acids is 1. The highest BCUT2D eigenvalue weighted by atomic mass is 16.4. The van der Waals surface area contributed by atoms with Crippen molar-refractivity contribution in [2.75, 3.05) is 0 Å². The SMILES string of the molecule is O=C(Cn1c(=O)oc2ccccc21)N=c1ccccn1Cc1ccccc1. The van der Waals surface area contributed by atoms with Crippen molar-refractivity contribution in [1.82, 2.24) is 9.13 Å². The molecule has 1 amide bonds. The molecule has 0 radical (unpaired) electrons. The molecule has 134 valence electrons. The van der Waals surface area contributed by atoms with E-state index >= 15 is 0 Å². The number of hydrogen-bond acceptors (Lipinski definition) is 3. The van der Waals surface area contributed by atoms with Crippen LogP contribution in [0.15, 0.2) is 93.2 Å². The lowest BCUT2D eigenvalue weighted by molar-refractivity contribution is -0.118. The number of oxazole rings is 1. The van der Waals surface area contributed by atoms with E-state index in [1.54, 1.807) is 30.3 Å². The van der Waals surface area contributed by atoms with Crippen LogP contribution in [-0.4, -0.2) is 15.0 Å². The van der Waals surface area contributed by atoms with E-state index < -0.39 is 11.7 Å². The zero-order valence-electron chi connectivity index (χ0n) is 14.5. The molecule has 6 heteroatoms. The highest BCUT2D eigenvalue weighted by molar-refractivity contribution is 5.80. The van der Waals surface area contributed by atoms with Gasteiger partial charge in [0.25, 0.3) is 5.91 Å². The van der Waals surface area contributed by atoms with Gasteiger partial charge in [0.2, 0.25) is 0 Å². The molecule has 0 aliphatic rings. The van der Waals surface area contributed by atoms with E-state index in [-0.39, 0.29) is 6.54 Å². The molecule has 0 unspecified atom stereocenters. The maximum absolute atomic E-state index is 12.5. The fraction of sp³-hybridized carbons (Fsp3) is 0.0952. The quantitative estimate of drug-likeness (QED) is 0.562. The number of nitrogens with zero attached hydrogens (tertiary/aromatic N) is 3. The molecule has 4 rings (SSSR count). The molecule has 0 atom stereocenters. The molecule has 0 aliphatic heterocycles. The summed E-state index contributed by atoms with van der Waals surface area (Å²) < 4.78 is 8.35. The van der Waals surface area contributed by atoms with Gasteiger partial charge in [0.15, 0.2) is 5.58 Å². The zero-order valence-corrected chi connectivity index (χ0v) is 14.5. The number of amides is 1. The molecule has 0 spiro atoms. The fourth-order valence-corrected chi connectivity index (χ4v) is 2.94. The van der Waals surface area contributed by atoms with Crippen molar-refractivity contribution < 1.29 is 9.21 Å². The fourth-order valence-electron chi connectivity index (χ4n) is 2.94. The molecule has 2 aromatic heterocycles. The summed E-state index contributed by atoms with van der Waals surface area (Å²) in [4.78, 5) is 28.7. The van der Waals surface area contributed by atoms with Crippen LogP contribution >= 0.6 is 0 Å².